The van der Waals surface area contributed by atoms with Crippen molar-refractivity contribution in [2.75, 3.05) is 75.6 Å². The monoisotopic (exact) mass is 612 g/mol. The Balaban J connectivity index is 1.08. The number of morpholine rings is 2. The number of esters is 2. The molecule has 236 valence electrons. The van der Waals surface area contributed by atoms with Gasteiger partial charge < -0.3 is 28.7 Å². The number of nitrogens with zero attached hydrogens (tertiary/aromatic N) is 4. The molecule has 2 saturated heterocycles. The van der Waals surface area contributed by atoms with Crippen molar-refractivity contribution in [3.8, 4) is 12.1 Å². The quantitative estimate of drug-likeness (QED) is 0.126. The third kappa shape index (κ3) is 10.8. The minimum Gasteiger partial charge on any atom is -0.462 e. The van der Waals surface area contributed by atoms with Crippen LogP contribution in [0.5, 0.6) is 0 Å². The summed E-state index contributed by atoms with van der Waals surface area (Å²) in [6.07, 6.45) is 6.97. The van der Waals surface area contributed by atoms with E-state index in [-0.39, 0.29) is 24.4 Å². The zero-order valence-electron chi connectivity index (χ0n) is 25.6. The zero-order valence-corrected chi connectivity index (χ0v) is 25.6. The van der Waals surface area contributed by atoms with Gasteiger partial charge in [0.15, 0.2) is 0 Å². The van der Waals surface area contributed by atoms with Gasteiger partial charge in [0.05, 0.1) is 39.6 Å². The summed E-state index contributed by atoms with van der Waals surface area (Å²) >= 11 is 0. The third-order valence-electron chi connectivity index (χ3n) is 7.60. The van der Waals surface area contributed by atoms with E-state index in [0.717, 1.165) is 67.9 Å². The number of unbranched alkanes of at least 4 members (excludes halogenated alkanes) is 4. The number of rotatable bonds is 14. The second kappa shape index (κ2) is 18.2. The van der Waals surface area contributed by atoms with Crippen LogP contribution in [0, 0.1) is 22.7 Å². The molecule has 0 bridgehead atoms. The maximum Gasteiger partial charge on any atom is 0.348 e. The number of hydrogen-bond acceptors (Lipinski definition) is 10. The molecule has 0 radical (unpaired) electrons. The fraction of sp³-hybridized carbons (Fsp3) is 0.429. The molecule has 45 heavy (non-hydrogen) atoms. The first-order chi connectivity index (χ1) is 22.1. The van der Waals surface area contributed by atoms with Gasteiger partial charge in [-0.3, -0.25) is 0 Å². The van der Waals surface area contributed by atoms with E-state index in [9.17, 15) is 20.1 Å². The molecule has 0 atom stereocenters. The first-order valence-corrected chi connectivity index (χ1v) is 15.5. The summed E-state index contributed by atoms with van der Waals surface area (Å²) in [6.45, 7) is 6.63. The van der Waals surface area contributed by atoms with E-state index in [1.165, 1.54) is 0 Å². The summed E-state index contributed by atoms with van der Waals surface area (Å²) in [5.74, 6) is -1.26. The van der Waals surface area contributed by atoms with Crippen LogP contribution in [0.15, 0.2) is 59.7 Å². The zero-order chi connectivity index (χ0) is 31.7. The Bertz CT molecular complexity index is 1290. The maximum absolute atomic E-state index is 12.4. The van der Waals surface area contributed by atoms with Crippen molar-refractivity contribution in [1.29, 1.82) is 10.5 Å². The van der Waals surface area contributed by atoms with Crippen molar-refractivity contribution in [2.45, 2.75) is 32.1 Å². The first-order valence-electron chi connectivity index (χ1n) is 15.5. The molecular weight excluding hydrogens is 572 g/mol. The van der Waals surface area contributed by atoms with E-state index in [1.807, 2.05) is 60.7 Å². The lowest BCUT2D eigenvalue weighted by Gasteiger charge is -2.28. The van der Waals surface area contributed by atoms with Crippen LogP contribution in [0.25, 0.3) is 12.2 Å². The molecule has 10 heteroatoms. The second-order valence-electron chi connectivity index (χ2n) is 10.8. The van der Waals surface area contributed by atoms with Gasteiger partial charge in [-0.1, -0.05) is 43.5 Å². The number of nitriles is 2. The van der Waals surface area contributed by atoms with Gasteiger partial charge in [0.25, 0.3) is 0 Å². The molecule has 2 heterocycles. The van der Waals surface area contributed by atoms with Crippen molar-refractivity contribution < 1.29 is 28.5 Å². The summed E-state index contributed by atoms with van der Waals surface area (Å²) in [7, 11) is 0. The Hall–Kier alpha value is -4.64. The van der Waals surface area contributed by atoms with Gasteiger partial charge >= 0.3 is 11.9 Å². The molecule has 0 amide bonds. The van der Waals surface area contributed by atoms with Gasteiger partial charge in [-0.25, -0.2) is 9.59 Å². The van der Waals surface area contributed by atoms with Crippen LogP contribution in [0.2, 0.25) is 0 Å². The molecule has 0 spiro atoms. The minimum atomic E-state index is -0.629. The predicted molar refractivity (Wildman–Crippen MR) is 171 cm³/mol. The molecule has 2 aromatic rings. The highest BCUT2D eigenvalue weighted by Crippen LogP contribution is 2.20. The van der Waals surface area contributed by atoms with Crippen LogP contribution in [0.4, 0.5) is 11.4 Å². The number of carbonyl (C=O) groups excluding carboxylic acids is 2. The van der Waals surface area contributed by atoms with Crippen LogP contribution < -0.4 is 9.80 Å². The number of benzene rings is 2. The molecule has 2 aliphatic rings. The number of anilines is 2. The minimum absolute atomic E-state index is 0.0354. The normalized spacial score (nSPS) is 15.6. The largest absolute Gasteiger partial charge is 0.462 e. The van der Waals surface area contributed by atoms with Crippen molar-refractivity contribution in [2.24, 2.45) is 0 Å². The molecule has 0 aliphatic carbocycles. The topological polar surface area (TPSA) is 125 Å². The highest BCUT2D eigenvalue weighted by atomic mass is 16.5. The van der Waals surface area contributed by atoms with E-state index in [2.05, 4.69) is 9.80 Å². The third-order valence-corrected chi connectivity index (χ3v) is 7.60. The van der Waals surface area contributed by atoms with Gasteiger partial charge in [0.1, 0.15) is 23.3 Å². The van der Waals surface area contributed by atoms with E-state index in [4.69, 9.17) is 18.9 Å². The van der Waals surface area contributed by atoms with E-state index in [0.29, 0.717) is 39.3 Å². The van der Waals surface area contributed by atoms with E-state index < -0.39 is 11.9 Å². The lowest BCUT2D eigenvalue weighted by Crippen LogP contribution is -2.36. The number of carbonyl (C=O) groups is 2. The maximum atomic E-state index is 12.4. The molecule has 2 aromatic carbocycles. The molecule has 0 saturated carbocycles. The van der Waals surface area contributed by atoms with Gasteiger partial charge in [-0.2, -0.15) is 10.5 Å². The second-order valence-corrected chi connectivity index (χ2v) is 10.8. The van der Waals surface area contributed by atoms with Crippen LogP contribution in [0.3, 0.4) is 0 Å². The molecule has 0 N–H and O–H groups in total. The number of hydrogen-bond donors (Lipinski definition) is 0. The van der Waals surface area contributed by atoms with E-state index >= 15 is 0 Å². The Morgan fingerprint density at radius 2 is 0.978 bits per heavy atom. The van der Waals surface area contributed by atoms with Gasteiger partial charge in [0, 0.05) is 37.6 Å². The summed E-state index contributed by atoms with van der Waals surface area (Å²) in [5, 5.41) is 18.9. The predicted octanol–water partition coefficient (Wildman–Crippen LogP) is 4.91. The molecule has 4 rings (SSSR count). The highest BCUT2D eigenvalue weighted by Gasteiger charge is 2.14. The molecule has 0 unspecified atom stereocenters. The summed E-state index contributed by atoms with van der Waals surface area (Å²) in [5.41, 5.74) is 3.62. The van der Waals surface area contributed by atoms with Crippen LogP contribution >= 0.6 is 0 Å². The summed E-state index contributed by atoms with van der Waals surface area (Å²) in [4.78, 5) is 29.3. The fourth-order valence-electron chi connectivity index (χ4n) is 5.03. The van der Waals surface area contributed by atoms with Gasteiger partial charge in [0.2, 0.25) is 0 Å². The first kappa shape index (κ1) is 33.3. The molecular formula is C35H40N4O6. The van der Waals surface area contributed by atoms with Crippen LogP contribution in [-0.4, -0.2) is 77.8 Å². The average molecular weight is 613 g/mol. The van der Waals surface area contributed by atoms with Crippen molar-refractivity contribution in [3.05, 3.63) is 70.8 Å². The van der Waals surface area contributed by atoms with Crippen molar-refractivity contribution in [3.63, 3.8) is 0 Å². The SMILES string of the molecule is N#C/C(=C\c1ccc(N2CCOCC2)cc1)C(=O)OCCCCCCCOC(=O)/C(C#N)=C/c1ccc(N2CCOCC2)cc1. The average Bonchev–Trinajstić information content (AvgIpc) is 3.10. The van der Waals surface area contributed by atoms with Gasteiger partial charge in [-0.15, -0.1) is 0 Å². The summed E-state index contributed by atoms with van der Waals surface area (Å²) in [6, 6.07) is 19.3. The Labute approximate surface area is 265 Å². The van der Waals surface area contributed by atoms with E-state index in [1.54, 1.807) is 12.2 Å². The summed E-state index contributed by atoms with van der Waals surface area (Å²) < 4.78 is 21.4. The molecule has 2 aliphatic heterocycles. The highest BCUT2D eigenvalue weighted by molar-refractivity contribution is 5.98. The standard InChI is InChI=1S/C35H40N4O6/c36-26-30(24-28-6-10-32(11-7-28)38-14-20-42-21-15-38)34(40)44-18-4-2-1-3-5-19-45-35(41)31(27-37)25-29-8-12-33(13-9-29)39-16-22-43-23-17-39/h6-13,24-25H,1-5,14-23H2/b30-24+,31-25+. The fourth-order valence-corrected chi connectivity index (χ4v) is 5.03. The Morgan fingerprint density at radius 3 is 1.33 bits per heavy atom. The molecule has 2 fully saturated rings. The lowest BCUT2D eigenvalue weighted by molar-refractivity contribution is -0.139. The lowest BCUT2D eigenvalue weighted by atomic mass is 10.1. The van der Waals surface area contributed by atoms with Gasteiger partial charge in [-0.05, 0) is 60.4 Å². The Morgan fingerprint density at radius 1 is 0.622 bits per heavy atom. The Kier molecular flexibility index (Phi) is 13.5. The number of ether oxygens (including phenoxy) is 4. The van der Waals surface area contributed by atoms with Crippen molar-refractivity contribution in [1.82, 2.24) is 0 Å². The van der Waals surface area contributed by atoms with Crippen molar-refractivity contribution >= 4 is 35.5 Å². The van der Waals surface area contributed by atoms with Crippen LogP contribution in [-0.2, 0) is 28.5 Å². The molecule has 10 nitrogen and oxygen atoms in total. The smallest absolute Gasteiger partial charge is 0.348 e. The van der Waals surface area contributed by atoms with Crippen LogP contribution in [0.1, 0.15) is 43.2 Å². The molecule has 0 aromatic heterocycles.